The predicted octanol–water partition coefficient (Wildman–Crippen LogP) is 2.66. The van der Waals surface area contributed by atoms with Crippen molar-refractivity contribution in [2.45, 2.75) is 39.2 Å². The van der Waals surface area contributed by atoms with Crippen LogP contribution in [0.4, 0.5) is 5.69 Å². The minimum atomic E-state index is 0.229. The molecule has 0 bridgehead atoms. The maximum atomic E-state index is 5.89. The number of piperidine rings is 1. The molecule has 1 aliphatic rings. The van der Waals surface area contributed by atoms with Crippen LogP contribution in [0.25, 0.3) is 0 Å². The van der Waals surface area contributed by atoms with Gasteiger partial charge in [-0.25, -0.2) is 0 Å². The van der Waals surface area contributed by atoms with Gasteiger partial charge in [-0.15, -0.1) is 0 Å². The van der Waals surface area contributed by atoms with E-state index in [-0.39, 0.29) is 6.04 Å². The van der Waals surface area contributed by atoms with Gasteiger partial charge in [0.1, 0.15) is 0 Å². The molecule has 0 aromatic heterocycles. The molecule has 1 atom stereocenters. The van der Waals surface area contributed by atoms with Gasteiger partial charge in [0.25, 0.3) is 0 Å². The second-order valence-corrected chi connectivity index (χ2v) is 6.93. The van der Waals surface area contributed by atoms with E-state index in [4.69, 9.17) is 5.73 Å². The highest BCUT2D eigenvalue weighted by Crippen LogP contribution is 2.24. The molecule has 3 nitrogen and oxygen atoms in total. The number of aryl methyl sites for hydroxylation is 1. The van der Waals surface area contributed by atoms with Gasteiger partial charge in [0, 0.05) is 25.3 Å². The van der Waals surface area contributed by atoms with Gasteiger partial charge >= 0.3 is 0 Å². The van der Waals surface area contributed by atoms with Crippen molar-refractivity contribution in [3.8, 4) is 0 Å². The zero-order chi connectivity index (χ0) is 15.4. The normalized spacial score (nSPS) is 18.7. The van der Waals surface area contributed by atoms with Gasteiger partial charge in [0.15, 0.2) is 0 Å². The fraction of sp³-hybridized carbons (Fsp3) is 0.667. The van der Waals surface area contributed by atoms with E-state index in [1.54, 1.807) is 0 Å². The van der Waals surface area contributed by atoms with Crippen molar-refractivity contribution < 1.29 is 0 Å². The van der Waals surface area contributed by atoms with Gasteiger partial charge in [-0.2, -0.15) is 0 Å². The van der Waals surface area contributed by atoms with Crippen molar-refractivity contribution in [3.05, 3.63) is 29.3 Å². The Morgan fingerprint density at radius 2 is 2.00 bits per heavy atom. The van der Waals surface area contributed by atoms with Crippen molar-refractivity contribution in [1.29, 1.82) is 0 Å². The second-order valence-electron chi connectivity index (χ2n) is 6.93. The number of nitrogens with two attached hydrogens (primary N) is 1. The summed E-state index contributed by atoms with van der Waals surface area (Å²) in [6.45, 7) is 7.93. The molecule has 0 amide bonds. The standard InChI is InChI=1S/C18H31N3/c1-14-11-17(12-15(2)19)5-6-18(14)21(4)13-16-7-9-20(3)10-8-16/h5-6,11,15-16H,7-10,12-13,19H2,1-4H3. The number of hydrogen-bond acceptors (Lipinski definition) is 3. The maximum Gasteiger partial charge on any atom is 0.0393 e. The van der Waals surface area contributed by atoms with Gasteiger partial charge in [-0.3, -0.25) is 0 Å². The van der Waals surface area contributed by atoms with Crippen molar-refractivity contribution in [2.24, 2.45) is 11.7 Å². The van der Waals surface area contributed by atoms with Crippen LogP contribution in [0.3, 0.4) is 0 Å². The Kier molecular flexibility index (Phi) is 5.65. The maximum absolute atomic E-state index is 5.89. The Morgan fingerprint density at radius 1 is 1.33 bits per heavy atom. The number of benzene rings is 1. The first-order chi connectivity index (χ1) is 9.95. The smallest absolute Gasteiger partial charge is 0.0393 e. The minimum Gasteiger partial charge on any atom is -0.374 e. The van der Waals surface area contributed by atoms with Crippen molar-refractivity contribution >= 4 is 5.69 Å². The molecule has 2 rings (SSSR count). The van der Waals surface area contributed by atoms with Gasteiger partial charge in [0.2, 0.25) is 0 Å². The van der Waals surface area contributed by atoms with Gasteiger partial charge in [0.05, 0.1) is 0 Å². The van der Waals surface area contributed by atoms with E-state index in [2.05, 4.69) is 55.9 Å². The van der Waals surface area contributed by atoms with Crippen LogP contribution in [-0.4, -0.2) is 44.7 Å². The molecule has 1 heterocycles. The largest absolute Gasteiger partial charge is 0.374 e. The van der Waals surface area contributed by atoms with Crippen molar-refractivity contribution in [2.75, 3.05) is 38.6 Å². The molecule has 0 spiro atoms. The summed E-state index contributed by atoms with van der Waals surface area (Å²) in [7, 11) is 4.45. The molecule has 1 fully saturated rings. The van der Waals surface area contributed by atoms with E-state index in [0.717, 1.165) is 12.3 Å². The summed E-state index contributed by atoms with van der Waals surface area (Å²) >= 11 is 0. The van der Waals surface area contributed by atoms with Crippen LogP contribution in [0.2, 0.25) is 0 Å². The zero-order valence-corrected chi connectivity index (χ0v) is 14.1. The lowest BCUT2D eigenvalue weighted by molar-refractivity contribution is 0.222. The van der Waals surface area contributed by atoms with Crippen LogP contribution in [0.5, 0.6) is 0 Å². The highest BCUT2D eigenvalue weighted by atomic mass is 15.1. The monoisotopic (exact) mass is 289 g/mol. The SMILES string of the molecule is Cc1cc(CC(C)N)ccc1N(C)CC1CCN(C)CC1. The van der Waals surface area contributed by atoms with Crippen LogP contribution in [0.15, 0.2) is 18.2 Å². The molecule has 1 saturated heterocycles. The molecular formula is C18H31N3. The van der Waals surface area contributed by atoms with E-state index in [1.807, 2.05) is 0 Å². The summed E-state index contributed by atoms with van der Waals surface area (Å²) in [5.74, 6) is 0.828. The highest BCUT2D eigenvalue weighted by molar-refractivity contribution is 5.54. The lowest BCUT2D eigenvalue weighted by Gasteiger charge is -2.33. The van der Waals surface area contributed by atoms with Crippen molar-refractivity contribution in [1.82, 2.24) is 4.90 Å². The fourth-order valence-corrected chi connectivity index (χ4v) is 3.37. The molecule has 1 aliphatic heterocycles. The summed E-state index contributed by atoms with van der Waals surface area (Å²) in [6.07, 6.45) is 3.60. The van der Waals surface area contributed by atoms with E-state index in [9.17, 15) is 0 Å². The van der Waals surface area contributed by atoms with Gasteiger partial charge in [-0.05, 0) is 76.4 Å². The molecule has 3 heteroatoms. The lowest BCUT2D eigenvalue weighted by atomic mass is 9.96. The molecule has 0 saturated carbocycles. The third kappa shape index (κ3) is 4.72. The Balaban J connectivity index is 1.97. The lowest BCUT2D eigenvalue weighted by Crippen LogP contribution is -2.35. The molecule has 1 aromatic rings. The summed E-state index contributed by atoms with van der Waals surface area (Å²) < 4.78 is 0. The number of nitrogens with zero attached hydrogens (tertiary/aromatic N) is 2. The van der Waals surface area contributed by atoms with Gasteiger partial charge in [-0.1, -0.05) is 12.1 Å². The molecule has 1 unspecified atom stereocenters. The Hall–Kier alpha value is -1.06. The summed E-state index contributed by atoms with van der Waals surface area (Å²) in [6, 6.07) is 7.02. The third-order valence-corrected chi connectivity index (χ3v) is 4.60. The van der Waals surface area contributed by atoms with Crippen LogP contribution < -0.4 is 10.6 Å². The number of hydrogen-bond donors (Lipinski definition) is 1. The Bertz CT molecular complexity index is 448. The molecule has 0 aliphatic carbocycles. The first kappa shape index (κ1) is 16.3. The van der Waals surface area contributed by atoms with Crippen LogP contribution >= 0.6 is 0 Å². The Labute approximate surface area is 130 Å². The first-order valence-electron chi connectivity index (χ1n) is 8.20. The van der Waals surface area contributed by atoms with E-state index in [1.165, 1.54) is 49.3 Å². The summed E-state index contributed by atoms with van der Waals surface area (Å²) in [5.41, 5.74) is 9.97. The van der Waals surface area contributed by atoms with Crippen molar-refractivity contribution in [3.63, 3.8) is 0 Å². The summed E-state index contributed by atoms with van der Waals surface area (Å²) in [4.78, 5) is 4.87. The molecule has 0 radical (unpaired) electrons. The van der Waals surface area contributed by atoms with E-state index < -0.39 is 0 Å². The quantitative estimate of drug-likeness (QED) is 0.904. The second kappa shape index (κ2) is 7.28. The first-order valence-corrected chi connectivity index (χ1v) is 8.20. The molecule has 2 N–H and O–H groups in total. The molecule has 118 valence electrons. The number of anilines is 1. The average molecular weight is 289 g/mol. The Morgan fingerprint density at radius 3 is 2.57 bits per heavy atom. The number of rotatable bonds is 5. The predicted molar refractivity (Wildman–Crippen MR) is 92.0 cm³/mol. The molecular weight excluding hydrogens is 258 g/mol. The fourth-order valence-electron chi connectivity index (χ4n) is 3.37. The topological polar surface area (TPSA) is 32.5 Å². The third-order valence-electron chi connectivity index (χ3n) is 4.60. The van der Waals surface area contributed by atoms with Crippen LogP contribution in [-0.2, 0) is 6.42 Å². The number of likely N-dealkylation sites (tertiary alicyclic amines) is 1. The highest BCUT2D eigenvalue weighted by Gasteiger charge is 2.19. The minimum absolute atomic E-state index is 0.229. The van der Waals surface area contributed by atoms with Gasteiger partial charge < -0.3 is 15.5 Å². The molecule has 1 aromatic carbocycles. The zero-order valence-electron chi connectivity index (χ0n) is 14.1. The molecule has 21 heavy (non-hydrogen) atoms. The van der Waals surface area contributed by atoms with Crippen LogP contribution in [0, 0.1) is 12.8 Å². The van der Waals surface area contributed by atoms with E-state index >= 15 is 0 Å². The summed E-state index contributed by atoms with van der Waals surface area (Å²) in [5, 5.41) is 0. The van der Waals surface area contributed by atoms with E-state index in [0.29, 0.717) is 0 Å². The average Bonchev–Trinajstić information content (AvgIpc) is 2.40. The van der Waals surface area contributed by atoms with Crippen LogP contribution in [0.1, 0.15) is 30.9 Å².